The van der Waals surface area contributed by atoms with Crippen molar-refractivity contribution in [3.8, 4) is 5.88 Å². The van der Waals surface area contributed by atoms with Crippen LogP contribution in [0.4, 0.5) is 5.95 Å². The lowest BCUT2D eigenvalue weighted by Gasteiger charge is -2.17. The van der Waals surface area contributed by atoms with E-state index in [-0.39, 0.29) is 0 Å². The van der Waals surface area contributed by atoms with Crippen LogP contribution in [0.3, 0.4) is 0 Å². The molecule has 0 aliphatic carbocycles. The normalized spacial score (nSPS) is 10.4. The van der Waals surface area contributed by atoms with Crippen molar-refractivity contribution < 1.29 is 4.74 Å². The lowest BCUT2D eigenvalue weighted by atomic mass is 10.2. The SMILES string of the molecule is COc1cc(C)nc(N(C)CCCCCN)n1. The van der Waals surface area contributed by atoms with Gasteiger partial charge in [-0.15, -0.1) is 0 Å². The van der Waals surface area contributed by atoms with Crippen LogP contribution in [-0.4, -0.2) is 37.2 Å². The van der Waals surface area contributed by atoms with E-state index in [0.717, 1.165) is 44.0 Å². The molecule has 0 fully saturated rings. The van der Waals surface area contributed by atoms with E-state index in [1.165, 1.54) is 0 Å². The van der Waals surface area contributed by atoms with Gasteiger partial charge in [0.15, 0.2) is 0 Å². The van der Waals surface area contributed by atoms with Gasteiger partial charge in [-0.05, 0) is 26.3 Å². The van der Waals surface area contributed by atoms with Crippen LogP contribution in [-0.2, 0) is 0 Å². The summed E-state index contributed by atoms with van der Waals surface area (Å²) in [5, 5.41) is 0. The van der Waals surface area contributed by atoms with Gasteiger partial charge in [0.1, 0.15) is 0 Å². The maximum atomic E-state index is 5.46. The number of unbranched alkanes of at least 4 members (excludes halogenated alkanes) is 2. The van der Waals surface area contributed by atoms with Crippen LogP contribution in [0.25, 0.3) is 0 Å². The van der Waals surface area contributed by atoms with Gasteiger partial charge in [-0.25, -0.2) is 4.98 Å². The molecule has 1 heterocycles. The van der Waals surface area contributed by atoms with E-state index in [4.69, 9.17) is 10.5 Å². The Hall–Kier alpha value is -1.36. The Kier molecular flexibility index (Phi) is 5.69. The van der Waals surface area contributed by atoms with Crippen LogP contribution in [0.5, 0.6) is 5.88 Å². The molecular formula is C12H22N4O. The fourth-order valence-electron chi connectivity index (χ4n) is 1.57. The fraction of sp³-hybridized carbons (Fsp3) is 0.667. The van der Waals surface area contributed by atoms with Gasteiger partial charge in [0.05, 0.1) is 7.11 Å². The van der Waals surface area contributed by atoms with Crippen molar-refractivity contribution in [2.45, 2.75) is 26.2 Å². The Labute approximate surface area is 103 Å². The number of rotatable bonds is 7. The molecule has 0 bridgehead atoms. The Morgan fingerprint density at radius 3 is 2.71 bits per heavy atom. The van der Waals surface area contributed by atoms with Gasteiger partial charge < -0.3 is 15.4 Å². The summed E-state index contributed by atoms with van der Waals surface area (Å²) < 4.78 is 5.13. The molecule has 0 spiro atoms. The number of methoxy groups -OCH3 is 1. The summed E-state index contributed by atoms with van der Waals surface area (Å²) in [6.07, 6.45) is 3.32. The highest BCUT2D eigenvalue weighted by Gasteiger charge is 2.07. The second-order valence-corrected chi connectivity index (χ2v) is 4.12. The second-order valence-electron chi connectivity index (χ2n) is 4.12. The zero-order valence-electron chi connectivity index (χ0n) is 10.9. The minimum atomic E-state index is 0.612. The number of aryl methyl sites for hydroxylation is 1. The first-order chi connectivity index (χ1) is 8.17. The highest BCUT2D eigenvalue weighted by atomic mass is 16.5. The Morgan fingerprint density at radius 2 is 2.06 bits per heavy atom. The van der Waals surface area contributed by atoms with Crippen LogP contribution in [0, 0.1) is 6.92 Å². The van der Waals surface area contributed by atoms with Gasteiger partial charge in [0, 0.05) is 25.4 Å². The summed E-state index contributed by atoms with van der Waals surface area (Å²) in [6, 6.07) is 1.83. The standard InChI is InChI=1S/C12H22N4O/c1-10-9-11(17-3)15-12(14-10)16(2)8-6-4-5-7-13/h9H,4-8,13H2,1-3H3. The van der Waals surface area contributed by atoms with Gasteiger partial charge in [-0.1, -0.05) is 6.42 Å². The maximum absolute atomic E-state index is 5.46. The molecule has 96 valence electrons. The smallest absolute Gasteiger partial charge is 0.228 e. The minimum absolute atomic E-state index is 0.612. The molecule has 0 unspecified atom stereocenters. The van der Waals surface area contributed by atoms with Gasteiger partial charge in [0.25, 0.3) is 0 Å². The largest absolute Gasteiger partial charge is 0.481 e. The molecule has 1 aromatic rings. The van der Waals surface area contributed by atoms with E-state index < -0.39 is 0 Å². The average Bonchev–Trinajstić information content (AvgIpc) is 2.33. The molecule has 1 rings (SSSR count). The lowest BCUT2D eigenvalue weighted by molar-refractivity contribution is 0.396. The summed E-state index contributed by atoms with van der Waals surface area (Å²) in [7, 11) is 3.61. The molecule has 0 amide bonds. The molecule has 0 atom stereocenters. The molecule has 1 aromatic heterocycles. The molecule has 5 nitrogen and oxygen atoms in total. The number of anilines is 1. The zero-order chi connectivity index (χ0) is 12.7. The Balaban J connectivity index is 2.55. The van der Waals surface area contributed by atoms with E-state index in [1.807, 2.05) is 24.9 Å². The third-order valence-corrected chi connectivity index (χ3v) is 2.57. The highest BCUT2D eigenvalue weighted by molar-refractivity contribution is 5.33. The number of ether oxygens (including phenoxy) is 1. The van der Waals surface area contributed by atoms with E-state index in [9.17, 15) is 0 Å². The van der Waals surface area contributed by atoms with Gasteiger partial charge in [-0.2, -0.15) is 4.98 Å². The second kappa shape index (κ2) is 7.06. The Bertz CT molecular complexity index is 343. The third-order valence-electron chi connectivity index (χ3n) is 2.57. The van der Waals surface area contributed by atoms with Crippen molar-refractivity contribution in [1.82, 2.24) is 9.97 Å². The van der Waals surface area contributed by atoms with E-state index in [0.29, 0.717) is 5.88 Å². The number of hydrogen-bond donors (Lipinski definition) is 1. The maximum Gasteiger partial charge on any atom is 0.228 e. The summed E-state index contributed by atoms with van der Waals surface area (Å²) in [4.78, 5) is 10.8. The molecule has 0 saturated carbocycles. The summed E-state index contributed by atoms with van der Waals surface area (Å²) >= 11 is 0. The molecule has 0 aliphatic heterocycles. The summed E-state index contributed by atoms with van der Waals surface area (Å²) in [5.74, 6) is 1.33. The van der Waals surface area contributed by atoms with Gasteiger partial charge in [-0.3, -0.25) is 0 Å². The van der Waals surface area contributed by atoms with Crippen LogP contribution < -0.4 is 15.4 Å². The number of nitrogens with two attached hydrogens (primary N) is 1. The molecule has 0 radical (unpaired) electrons. The fourth-order valence-corrected chi connectivity index (χ4v) is 1.57. The lowest BCUT2D eigenvalue weighted by Crippen LogP contribution is -2.21. The first kappa shape index (κ1) is 13.7. The zero-order valence-corrected chi connectivity index (χ0v) is 10.9. The third kappa shape index (κ3) is 4.56. The van der Waals surface area contributed by atoms with Crippen molar-refractivity contribution in [1.29, 1.82) is 0 Å². The van der Waals surface area contributed by atoms with Crippen molar-refractivity contribution >= 4 is 5.95 Å². The van der Waals surface area contributed by atoms with Crippen LogP contribution >= 0.6 is 0 Å². The summed E-state index contributed by atoms with van der Waals surface area (Å²) in [5.41, 5.74) is 6.38. The number of nitrogens with zero attached hydrogens (tertiary/aromatic N) is 3. The molecule has 0 saturated heterocycles. The minimum Gasteiger partial charge on any atom is -0.481 e. The molecule has 5 heteroatoms. The van der Waals surface area contributed by atoms with E-state index >= 15 is 0 Å². The van der Waals surface area contributed by atoms with E-state index in [2.05, 4.69) is 9.97 Å². The average molecular weight is 238 g/mol. The monoisotopic (exact) mass is 238 g/mol. The highest BCUT2D eigenvalue weighted by Crippen LogP contribution is 2.14. The van der Waals surface area contributed by atoms with Gasteiger partial charge in [0.2, 0.25) is 11.8 Å². The molecule has 0 aliphatic rings. The number of aromatic nitrogens is 2. The van der Waals surface area contributed by atoms with E-state index in [1.54, 1.807) is 7.11 Å². The first-order valence-corrected chi connectivity index (χ1v) is 5.98. The van der Waals surface area contributed by atoms with Gasteiger partial charge >= 0.3 is 0 Å². The predicted molar refractivity (Wildman–Crippen MR) is 69.5 cm³/mol. The van der Waals surface area contributed by atoms with Crippen molar-refractivity contribution in [3.63, 3.8) is 0 Å². The predicted octanol–water partition coefficient (Wildman–Crippen LogP) is 1.36. The van der Waals surface area contributed by atoms with Crippen LogP contribution in [0.1, 0.15) is 25.0 Å². The molecular weight excluding hydrogens is 216 g/mol. The first-order valence-electron chi connectivity index (χ1n) is 5.98. The quantitative estimate of drug-likeness (QED) is 0.727. The van der Waals surface area contributed by atoms with Crippen LogP contribution in [0.2, 0.25) is 0 Å². The molecule has 2 N–H and O–H groups in total. The van der Waals surface area contributed by atoms with Crippen molar-refractivity contribution in [2.24, 2.45) is 5.73 Å². The Morgan fingerprint density at radius 1 is 1.29 bits per heavy atom. The van der Waals surface area contributed by atoms with Crippen molar-refractivity contribution in [2.75, 3.05) is 32.1 Å². The molecule has 0 aromatic carbocycles. The summed E-state index contributed by atoms with van der Waals surface area (Å²) in [6.45, 7) is 3.64. The number of hydrogen-bond acceptors (Lipinski definition) is 5. The topological polar surface area (TPSA) is 64.3 Å². The molecule has 17 heavy (non-hydrogen) atoms. The van der Waals surface area contributed by atoms with Crippen LogP contribution in [0.15, 0.2) is 6.07 Å². The van der Waals surface area contributed by atoms with Crippen molar-refractivity contribution in [3.05, 3.63) is 11.8 Å².